The van der Waals surface area contributed by atoms with Crippen LogP contribution in [0.5, 0.6) is 5.19 Å². The minimum atomic E-state index is -3.19. The molecule has 0 saturated heterocycles. The van der Waals surface area contributed by atoms with Crippen molar-refractivity contribution in [2.45, 2.75) is 30.7 Å². The first-order valence-corrected chi connectivity index (χ1v) is 11.9. The highest BCUT2D eigenvalue weighted by atomic mass is 32.2. The summed E-state index contributed by atoms with van der Waals surface area (Å²) in [6.45, 7) is 4.15. The molecule has 0 saturated carbocycles. The van der Waals surface area contributed by atoms with Gasteiger partial charge in [-0.3, -0.25) is 4.79 Å². The molecule has 0 atom stereocenters. The average molecular weight is 422 g/mol. The molecule has 0 radical (unpaired) electrons. The number of rotatable bonds is 10. The number of aromatic nitrogens is 2. The second kappa shape index (κ2) is 9.08. The molecule has 0 aliphatic rings. The van der Waals surface area contributed by atoms with Crippen LogP contribution in [-0.4, -0.2) is 49.1 Å². The Labute approximate surface area is 159 Å². The fourth-order valence-electron chi connectivity index (χ4n) is 1.72. The summed E-state index contributed by atoms with van der Waals surface area (Å²) in [7, 11) is -3.19. The molecule has 0 bridgehead atoms. The number of hydrogen-bond donors (Lipinski definition) is 1. The van der Waals surface area contributed by atoms with Gasteiger partial charge in [0.15, 0.2) is 10.1 Å². The van der Waals surface area contributed by atoms with E-state index < -0.39 is 10.0 Å². The van der Waals surface area contributed by atoms with Crippen LogP contribution in [0.25, 0.3) is 0 Å². The third-order valence-corrected chi connectivity index (χ3v) is 6.59. The summed E-state index contributed by atoms with van der Waals surface area (Å²) in [6, 6.07) is 3.63. The number of thioether (sulfide) groups is 1. The molecule has 0 aromatic carbocycles. The van der Waals surface area contributed by atoms with Gasteiger partial charge >= 0.3 is 0 Å². The van der Waals surface area contributed by atoms with Crippen LogP contribution in [0.3, 0.4) is 0 Å². The van der Waals surface area contributed by atoms with E-state index in [1.807, 2.05) is 19.9 Å². The third kappa shape index (κ3) is 7.40. The second-order valence-corrected chi connectivity index (χ2v) is 10.6. The predicted octanol–water partition coefficient (Wildman–Crippen LogP) is 2.45. The first-order chi connectivity index (χ1) is 11.7. The molecule has 11 heteroatoms. The standard InChI is InChI=1S/C14H19N3O4S4/c1-9(2)21-13-16-17-14(24-13)22-8-11(18)12-5-4-10(23-12)6-7-15-25(3,19)20/h4-5,9,15H,6-8H2,1-3H3. The van der Waals surface area contributed by atoms with E-state index in [1.165, 1.54) is 34.4 Å². The van der Waals surface area contributed by atoms with Gasteiger partial charge < -0.3 is 4.74 Å². The summed E-state index contributed by atoms with van der Waals surface area (Å²) < 4.78 is 30.6. The van der Waals surface area contributed by atoms with Gasteiger partial charge in [-0.2, -0.15) is 0 Å². The first kappa shape index (κ1) is 20.3. The van der Waals surface area contributed by atoms with E-state index in [0.717, 1.165) is 11.1 Å². The van der Waals surface area contributed by atoms with Crippen molar-refractivity contribution in [1.82, 2.24) is 14.9 Å². The molecule has 0 amide bonds. The van der Waals surface area contributed by atoms with Crippen LogP contribution >= 0.6 is 34.4 Å². The Morgan fingerprint density at radius 2 is 2.08 bits per heavy atom. The van der Waals surface area contributed by atoms with Crippen molar-refractivity contribution >= 4 is 50.2 Å². The lowest BCUT2D eigenvalue weighted by molar-refractivity contribution is 0.102. The molecule has 2 aromatic rings. The number of sulfonamides is 1. The number of carbonyl (C=O) groups excluding carboxylic acids is 1. The number of Topliss-reactive ketones (excluding diaryl/α,β-unsaturated/α-hetero) is 1. The summed E-state index contributed by atoms with van der Waals surface area (Å²) in [5, 5.41) is 8.42. The fraction of sp³-hybridized carbons (Fsp3) is 0.500. The zero-order valence-electron chi connectivity index (χ0n) is 14.0. The van der Waals surface area contributed by atoms with Gasteiger partial charge in [0.05, 0.1) is 23.0 Å². The molecule has 0 spiro atoms. The largest absolute Gasteiger partial charge is 0.466 e. The number of nitrogens with one attached hydrogen (secondary N) is 1. The molecule has 2 heterocycles. The summed E-state index contributed by atoms with van der Waals surface area (Å²) in [5.41, 5.74) is 0. The van der Waals surface area contributed by atoms with Gasteiger partial charge in [-0.1, -0.05) is 16.9 Å². The lowest BCUT2D eigenvalue weighted by Crippen LogP contribution is -2.23. The first-order valence-electron chi connectivity index (χ1n) is 7.42. The van der Waals surface area contributed by atoms with Crippen LogP contribution < -0.4 is 9.46 Å². The van der Waals surface area contributed by atoms with Crippen LogP contribution in [0.4, 0.5) is 0 Å². The van der Waals surface area contributed by atoms with Crippen LogP contribution in [0.15, 0.2) is 16.5 Å². The molecule has 7 nitrogen and oxygen atoms in total. The molecule has 1 N–H and O–H groups in total. The van der Waals surface area contributed by atoms with E-state index >= 15 is 0 Å². The third-order valence-electron chi connectivity index (χ3n) is 2.72. The minimum Gasteiger partial charge on any atom is -0.466 e. The molecule has 2 rings (SSSR count). The fourth-order valence-corrected chi connectivity index (χ4v) is 4.92. The van der Waals surface area contributed by atoms with Gasteiger partial charge in [0, 0.05) is 11.4 Å². The van der Waals surface area contributed by atoms with Gasteiger partial charge in [-0.05, 0) is 43.7 Å². The van der Waals surface area contributed by atoms with E-state index in [1.54, 1.807) is 6.07 Å². The van der Waals surface area contributed by atoms with E-state index in [0.29, 0.717) is 27.4 Å². The predicted molar refractivity (Wildman–Crippen MR) is 102 cm³/mol. The molecule has 0 aliphatic carbocycles. The molecular weight excluding hydrogens is 402 g/mol. The summed E-state index contributed by atoms with van der Waals surface area (Å²) in [6.07, 6.45) is 1.72. The monoisotopic (exact) mass is 421 g/mol. The highest BCUT2D eigenvalue weighted by molar-refractivity contribution is 8.01. The number of ether oxygens (including phenoxy) is 1. The number of ketones is 1. The van der Waals surface area contributed by atoms with Crippen LogP contribution in [0, 0.1) is 0 Å². The van der Waals surface area contributed by atoms with Gasteiger partial charge in [-0.25, -0.2) is 13.1 Å². The lowest BCUT2D eigenvalue weighted by atomic mass is 10.3. The summed E-state index contributed by atoms with van der Waals surface area (Å²) in [5.74, 6) is 0.288. The van der Waals surface area contributed by atoms with E-state index in [-0.39, 0.29) is 17.6 Å². The van der Waals surface area contributed by atoms with Crippen LogP contribution in [0.1, 0.15) is 28.4 Å². The quantitative estimate of drug-likeness (QED) is 0.465. The normalized spacial score (nSPS) is 11.8. The van der Waals surface area contributed by atoms with E-state index in [9.17, 15) is 13.2 Å². The van der Waals surface area contributed by atoms with Crippen molar-refractivity contribution < 1.29 is 17.9 Å². The van der Waals surface area contributed by atoms with Crippen molar-refractivity contribution in [2.24, 2.45) is 0 Å². The number of hydrogen-bond acceptors (Lipinski definition) is 9. The zero-order valence-corrected chi connectivity index (χ0v) is 17.3. The Morgan fingerprint density at radius 1 is 1.32 bits per heavy atom. The van der Waals surface area contributed by atoms with Gasteiger partial charge in [0.1, 0.15) is 0 Å². The smallest absolute Gasteiger partial charge is 0.295 e. The topological polar surface area (TPSA) is 98.2 Å². The Hall–Kier alpha value is -1.01. The second-order valence-electron chi connectivity index (χ2n) is 5.39. The van der Waals surface area contributed by atoms with Gasteiger partial charge in [-0.15, -0.1) is 16.4 Å². The Bertz CT molecular complexity index is 814. The zero-order chi connectivity index (χ0) is 18.4. The van der Waals surface area contributed by atoms with Crippen molar-refractivity contribution in [1.29, 1.82) is 0 Å². The molecular formula is C14H19N3O4S4. The van der Waals surface area contributed by atoms with E-state index in [2.05, 4.69) is 14.9 Å². The maximum Gasteiger partial charge on any atom is 0.295 e. The minimum absolute atomic E-state index is 0.0128. The molecule has 0 unspecified atom stereocenters. The van der Waals surface area contributed by atoms with Crippen molar-refractivity contribution in [3.63, 3.8) is 0 Å². The molecule has 138 valence electrons. The van der Waals surface area contributed by atoms with Gasteiger partial charge in [0.2, 0.25) is 10.0 Å². The van der Waals surface area contributed by atoms with Crippen molar-refractivity contribution in [3.8, 4) is 5.19 Å². The SMILES string of the molecule is CC(C)Oc1nnc(SCC(=O)c2ccc(CCNS(C)(=O)=O)s2)s1. The number of carbonyl (C=O) groups is 1. The molecule has 0 aliphatic heterocycles. The molecule has 25 heavy (non-hydrogen) atoms. The van der Waals surface area contributed by atoms with Crippen molar-refractivity contribution in [2.75, 3.05) is 18.6 Å². The Balaban J connectivity index is 1.82. The average Bonchev–Trinajstić information content (AvgIpc) is 3.12. The number of thiophene rings is 1. The maximum absolute atomic E-state index is 12.3. The maximum atomic E-state index is 12.3. The van der Waals surface area contributed by atoms with Crippen molar-refractivity contribution in [3.05, 3.63) is 21.9 Å². The molecule has 0 fully saturated rings. The van der Waals surface area contributed by atoms with Crippen LogP contribution in [-0.2, 0) is 16.4 Å². The van der Waals surface area contributed by atoms with Crippen LogP contribution in [0.2, 0.25) is 0 Å². The Morgan fingerprint density at radius 3 is 2.76 bits per heavy atom. The van der Waals surface area contributed by atoms with E-state index in [4.69, 9.17) is 4.74 Å². The number of nitrogens with zero attached hydrogens (tertiary/aromatic N) is 2. The Kier molecular flexibility index (Phi) is 7.37. The summed E-state index contributed by atoms with van der Waals surface area (Å²) in [4.78, 5) is 13.9. The van der Waals surface area contributed by atoms with Gasteiger partial charge in [0.25, 0.3) is 5.19 Å². The molecule has 2 aromatic heterocycles. The highest BCUT2D eigenvalue weighted by Crippen LogP contribution is 2.29. The summed E-state index contributed by atoms with van der Waals surface area (Å²) >= 11 is 4.04. The lowest BCUT2D eigenvalue weighted by Gasteiger charge is -2.02. The highest BCUT2D eigenvalue weighted by Gasteiger charge is 2.13.